The Kier molecular flexibility index (Phi) is 6.49. The number of hydrogen-bond donors (Lipinski definition) is 3. The number of ether oxygens (including phenoxy) is 1. The van der Waals surface area contributed by atoms with Crippen molar-refractivity contribution in [2.75, 3.05) is 19.5 Å². The molecule has 1 aromatic carbocycles. The molecule has 0 fully saturated rings. The molecule has 3 amide bonds. The number of anilines is 1. The van der Waals surface area contributed by atoms with Crippen LogP contribution in [0.5, 0.6) is 5.75 Å². The van der Waals surface area contributed by atoms with Crippen LogP contribution in [-0.2, 0) is 4.79 Å². The molecule has 1 aromatic rings. The minimum Gasteiger partial charge on any atom is -0.495 e. The summed E-state index contributed by atoms with van der Waals surface area (Å²) in [5, 5.41) is 8.50. The van der Waals surface area contributed by atoms with Gasteiger partial charge in [0, 0.05) is 24.7 Å². The Morgan fingerprint density at radius 2 is 2.00 bits per heavy atom. The predicted octanol–water partition coefficient (Wildman–Crippen LogP) is 2.77. The van der Waals surface area contributed by atoms with Crippen molar-refractivity contribution in [2.45, 2.75) is 32.2 Å². The summed E-state index contributed by atoms with van der Waals surface area (Å²) in [5.74, 6) is 0.482. The zero-order chi connectivity index (χ0) is 16.8. The van der Waals surface area contributed by atoms with Gasteiger partial charge < -0.3 is 20.7 Å². The minimum atomic E-state index is -0.507. The Bertz CT molecular complexity index is 547. The van der Waals surface area contributed by atoms with Crippen molar-refractivity contribution >= 4 is 29.2 Å². The second kappa shape index (κ2) is 7.89. The SMILES string of the molecule is CNC(=O)CCC(C)(C)NC(=O)Nc1ccc(OC)c(Cl)c1. The highest BCUT2D eigenvalue weighted by atomic mass is 35.5. The molecule has 0 aliphatic carbocycles. The largest absolute Gasteiger partial charge is 0.495 e. The second-order valence-electron chi connectivity index (χ2n) is 5.49. The molecule has 0 saturated heterocycles. The molecule has 0 saturated carbocycles. The Hall–Kier alpha value is -1.95. The molecule has 22 heavy (non-hydrogen) atoms. The first kappa shape index (κ1) is 18.1. The first-order valence-electron chi connectivity index (χ1n) is 6.90. The summed E-state index contributed by atoms with van der Waals surface area (Å²) in [5.41, 5.74) is 0.0535. The average molecular weight is 328 g/mol. The molecule has 7 heteroatoms. The molecule has 0 spiro atoms. The van der Waals surface area contributed by atoms with Gasteiger partial charge in [-0.2, -0.15) is 0 Å². The van der Waals surface area contributed by atoms with Gasteiger partial charge in [-0.3, -0.25) is 4.79 Å². The van der Waals surface area contributed by atoms with Crippen molar-refractivity contribution in [1.82, 2.24) is 10.6 Å². The predicted molar refractivity (Wildman–Crippen MR) is 87.5 cm³/mol. The molecule has 0 unspecified atom stereocenters. The van der Waals surface area contributed by atoms with E-state index in [0.29, 0.717) is 29.3 Å². The van der Waals surface area contributed by atoms with Gasteiger partial charge in [-0.25, -0.2) is 4.79 Å². The van der Waals surface area contributed by atoms with Crippen LogP contribution in [0.2, 0.25) is 5.02 Å². The number of hydrogen-bond acceptors (Lipinski definition) is 3. The molecule has 1 rings (SSSR count). The number of carbonyl (C=O) groups excluding carboxylic acids is 2. The number of amides is 3. The van der Waals surface area contributed by atoms with Crippen molar-refractivity contribution < 1.29 is 14.3 Å². The summed E-state index contributed by atoms with van der Waals surface area (Å²) >= 11 is 6.01. The number of rotatable bonds is 6. The lowest BCUT2D eigenvalue weighted by atomic mass is 9.98. The molecule has 122 valence electrons. The fourth-order valence-corrected chi connectivity index (χ4v) is 2.09. The van der Waals surface area contributed by atoms with E-state index in [1.165, 1.54) is 7.11 Å². The molecular formula is C15H22ClN3O3. The number of halogens is 1. The standard InChI is InChI=1S/C15H22ClN3O3/c1-15(2,8-7-13(20)17-3)19-14(21)18-10-5-6-12(22-4)11(16)9-10/h5-6,9H,7-8H2,1-4H3,(H,17,20)(H2,18,19,21). The zero-order valence-electron chi connectivity index (χ0n) is 13.2. The highest BCUT2D eigenvalue weighted by Gasteiger charge is 2.21. The molecule has 0 aromatic heterocycles. The van der Waals surface area contributed by atoms with E-state index in [4.69, 9.17) is 16.3 Å². The minimum absolute atomic E-state index is 0.0581. The molecule has 3 N–H and O–H groups in total. The zero-order valence-corrected chi connectivity index (χ0v) is 14.0. The van der Waals surface area contributed by atoms with Crippen molar-refractivity contribution in [1.29, 1.82) is 0 Å². The first-order chi connectivity index (χ1) is 10.3. The summed E-state index contributed by atoms with van der Waals surface area (Å²) in [4.78, 5) is 23.3. The van der Waals surface area contributed by atoms with Gasteiger partial charge >= 0.3 is 6.03 Å². The van der Waals surface area contributed by atoms with Crippen molar-refractivity contribution in [2.24, 2.45) is 0 Å². The summed E-state index contributed by atoms with van der Waals surface area (Å²) in [6, 6.07) is 4.62. The third-order valence-electron chi connectivity index (χ3n) is 3.12. The van der Waals surface area contributed by atoms with Crippen LogP contribution in [0, 0.1) is 0 Å². The maximum absolute atomic E-state index is 12.0. The highest BCUT2D eigenvalue weighted by Crippen LogP contribution is 2.27. The molecule has 0 heterocycles. The lowest BCUT2D eigenvalue weighted by Gasteiger charge is -2.26. The summed E-state index contributed by atoms with van der Waals surface area (Å²) in [6.45, 7) is 3.72. The van der Waals surface area contributed by atoms with Crippen LogP contribution in [0.1, 0.15) is 26.7 Å². The summed E-state index contributed by atoms with van der Waals surface area (Å²) in [7, 11) is 3.11. The summed E-state index contributed by atoms with van der Waals surface area (Å²) < 4.78 is 5.05. The lowest BCUT2D eigenvalue weighted by molar-refractivity contribution is -0.120. The lowest BCUT2D eigenvalue weighted by Crippen LogP contribution is -2.46. The third kappa shape index (κ3) is 5.81. The van der Waals surface area contributed by atoms with Crippen LogP contribution in [-0.4, -0.2) is 31.6 Å². The Morgan fingerprint density at radius 3 is 2.55 bits per heavy atom. The first-order valence-corrected chi connectivity index (χ1v) is 7.28. The topological polar surface area (TPSA) is 79.5 Å². The Balaban J connectivity index is 2.58. The monoisotopic (exact) mass is 327 g/mol. The summed E-state index contributed by atoms with van der Waals surface area (Å²) in [6.07, 6.45) is 0.877. The second-order valence-corrected chi connectivity index (χ2v) is 5.89. The number of carbonyl (C=O) groups is 2. The van der Waals surface area contributed by atoms with E-state index in [9.17, 15) is 9.59 Å². The van der Waals surface area contributed by atoms with Gasteiger partial charge in [0.1, 0.15) is 5.75 Å². The van der Waals surface area contributed by atoms with E-state index in [-0.39, 0.29) is 11.9 Å². The normalized spacial score (nSPS) is 10.8. The van der Waals surface area contributed by atoms with E-state index < -0.39 is 5.54 Å². The maximum Gasteiger partial charge on any atom is 0.319 e. The number of benzene rings is 1. The van der Waals surface area contributed by atoms with E-state index in [0.717, 1.165) is 0 Å². The van der Waals surface area contributed by atoms with Crippen molar-refractivity contribution in [3.63, 3.8) is 0 Å². The number of urea groups is 1. The van der Waals surface area contributed by atoms with E-state index in [1.807, 2.05) is 13.8 Å². The number of nitrogens with one attached hydrogen (secondary N) is 3. The molecular weight excluding hydrogens is 306 g/mol. The molecule has 0 aliphatic rings. The van der Waals surface area contributed by atoms with Crippen LogP contribution in [0.4, 0.5) is 10.5 Å². The van der Waals surface area contributed by atoms with Gasteiger partial charge in [-0.05, 0) is 38.5 Å². The van der Waals surface area contributed by atoms with E-state index >= 15 is 0 Å². The molecule has 0 radical (unpaired) electrons. The van der Waals surface area contributed by atoms with Crippen molar-refractivity contribution in [3.05, 3.63) is 23.2 Å². The van der Waals surface area contributed by atoms with Gasteiger partial charge in [0.05, 0.1) is 12.1 Å². The number of methoxy groups -OCH3 is 1. The Morgan fingerprint density at radius 1 is 1.32 bits per heavy atom. The van der Waals surface area contributed by atoms with Gasteiger partial charge in [0.15, 0.2) is 0 Å². The van der Waals surface area contributed by atoms with Crippen molar-refractivity contribution in [3.8, 4) is 5.75 Å². The Labute approximate surface area is 135 Å². The van der Waals surface area contributed by atoms with Crippen LogP contribution in [0.25, 0.3) is 0 Å². The quantitative estimate of drug-likeness (QED) is 0.751. The molecule has 0 bridgehead atoms. The molecule has 0 aliphatic heterocycles. The van der Waals surface area contributed by atoms with Crippen LogP contribution >= 0.6 is 11.6 Å². The third-order valence-corrected chi connectivity index (χ3v) is 3.41. The molecule has 0 atom stereocenters. The van der Waals surface area contributed by atoms with Gasteiger partial charge in [-0.1, -0.05) is 11.6 Å². The maximum atomic E-state index is 12.0. The van der Waals surface area contributed by atoms with E-state index in [2.05, 4.69) is 16.0 Å². The van der Waals surface area contributed by atoms with Gasteiger partial charge in [0.25, 0.3) is 0 Å². The van der Waals surface area contributed by atoms with Gasteiger partial charge in [0.2, 0.25) is 5.91 Å². The smallest absolute Gasteiger partial charge is 0.319 e. The molecule has 6 nitrogen and oxygen atoms in total. The van der Waals surface area contributed by atoms with E-state index in [1.54, 1.807) is 25.2 Å². The van der Waals surface area contributed by atoms with Crippen LogP contribution in [0.15, 0.2) is 18.2 Å². The highest BCUT2D eigenvalue weighted by molar-refractivity contribution is 6.32. The average Bonchev–Trinajstić information content (AvgIpc) is 2.44. The fourth-order valence-electron chi connectivity index (χ4n) is 1.83. The van der Waals surface area contributed by atoms with Crippen LogP contribution in [0.3, 0.4) is 0 Å². The van der Waals surface area contributed by atoms with Crippen LogP contribution < -0.4 is 20.7 Å². The fraction of sp³-hybridized carbons (Fsp3) is 0.467. The van der Waals surface area contributed by atoms with Gasteiger partial charge in [-0.15, -0.1) is 0 Å².